The van der Waals surface area contributed by atoms with Crippen LogP contribution in [0.15, 0.2) is 53.5 Å². The van der Waals surface area contributed by atoms with Crippen LogP contribution < -0.4 is 16.2 Å². The lowest BCUT2D eigenvalue weighted by Crippen LogP contribution is -2.38. The van der Waals surface area contributed by atoms with Crippen LogP contribution in [0.4, 0.5) is 0 Å². The molecule has 27 heavy (non-hydrogen) atoms. The predicted octanol–water partition coefficient (Wildman–Crippen LogP) is 1.82. The Bertz CT molecular complexity index is 836. The number of aromatic nitrogens is 1. The molecule has 0 aliphatic heterocycles. The van der Waals surface area contributed by atoms with E-state index in [-0.39, 0.29) is 29.8 Å². The molecule has 6 nitrogen and oxygen atoms in total. The van der Waals surface area contributed by atoms with Crippen molar-refractivity contribution < 1.29 is 9.59 Å². The van der Waals surface area contributed by atoms with Gasteiger partial charge in [-0.2, -0.15) is 0 Å². The number of carbonyl (C=O) groups excluding carboxylic acids is 2. The van der Waals surface area contributed by atoms with E-state index < -0.39 is 0 Å². The SMILES string of the molecule is O=C(CNC(=O)C1CCCC1)NCc1ccc(Cn2ccccc2=O)cc1. The van der Waals surface area contributed by atoms with Gasteiger partial charge in [0.25, 0.3) is 5.56 Å². The van der Waals surface area contributed by atoms with Crippen molar-refractivity contribution in [1.82, 2.24) is 15.2 Å². The van der Waals surface area contributed by atoms with Crippen LogP contribution in [0, 0.1) is 5.92 Å². The number of nitrogens with one attached hydrogen (secondary N) is 2. The molecule has 0 saturated heterocycles. The molecule has 2 N–H and O–H groups in total. The maximum Gasteiger partial charge on any atom is 0.250 e. The third-order valence-electron chi connectivity index (χ3n) is 4.91. The first-order valence-electron chi connectivity index (χ1n) is 9.39. The molecule has 0 bridgehead atoms. The second kappa shape index (κ2) is 9.16. The maximum atomic E-state index is 11.9. The Morgan fingerprint density at radius 1 is 0.963 bits per heavy atom. The van der Waals surface area contributed by atoms with Gasteiger partial charge < -0.3 is 15.2 Å². The van der Waals surface area contributed by atoms with Gasteiger partial charge in [0.15, 0.2) is 0 Å². The van der Waals surface area contributed by atoms with Gasteiger partial charge in [0.1, 0.15) is 0 Å². The third-order valence-corrected chi connectivity index (χ3v) is 4.91. The molecule has 6 heteroatoms. The summed E-state index contributed by atoms with van der Waals surface area (Å²) in [5, 5.41) is 5.53. The van der Waals surface area contributed by atoms with Gasteiger partial charge in [-0.05, 0) is 30.0 Å². The van der Waals surface area contributed by atoms with E-state index in [4.69, 9.17) is 0 Å². The molecule has 0 radical (unpaired) electrons. The van der Waals surface area contributed by atoms with E-state index in [2.05, 4.69) is 10.6 Å². The van der Waals surface area contributed by atoms with Crippen LogP contribution in [0.25, 0.3) is 0 Å². The summed E-state index contributed by atoms with van der Waals surface area (Å²) in [6.07, 6.45) is 5.80. The predicted molar refractivity (Wildman–Crippen MR) is 103 cm³/mol. The summed E-state index contributed by atoms with van der Waals surface area (Å²) >= 11 is 0. The molecule has 1 aliphatic carbocycles. The Morgan fingerprint density at radius 3 is 2.37 bits per heavy atom. The summed E-state index contributed by atoms with van der Waals surface area (Å²) in [6, 6.07) is 12.8. The van der Waals surface area contributed by atoms with Crippen molar-refractivity contribution in [2.45, 2.75) is 38.8 Å². The summed E-state index contributed by atoms with van der Waals surface area (Å²) in [4.78, 5) is 35.6. The van der Waals surface area contributed by atoms with Crippen LogP contribution in [0.2, 0.25) is 0 Å². The van der Waals surface area contributed by atoms with Crippen molar-refractivity contribution in [1.29, 1.82) is 0 Å². The number of amides is 2. The van der Waals surface area contributed by atoms with Crippen LogP contribution in [-0.2, 0) is 22.7 Å². The topological polar surface area (TPSA) is 80.2 Å². The molecule has 0 spiro atoms. The van der Waals surface area contributed by atoms with E-state index in [9.17, 15) is 14.4 Å². The summed E-state index contributed by atoms with van der Waals surface area (Å²) in [5.41, 5.74) is 1.95. The minimum atomic E-state index is -0.193. The highest BCUT2D eigenvalue weighted by molar-refractivity contribution is 5.85. The lowest BCUT2D eigenvalue weighted by molar-refractivity contribution is -0.128. The van der Waals surface area contributed by atoms with Gasteiger partial charge in [-0.1, -0.05) is 43.2 Å². The van der Waals surface area contributed by atoms with Crippen molar-refractivity contribution in [3.8, 4) is 0 Å². The summed E-state index contributed by atoms with van der Waals surface area (Å²) < 4.78 is 1.64. The molecule has 1 fully saturated rings. The minimum absolute atomic E-state index is 0.0110. The Balaban J connectivity index is 1.43. The zero-order valence-electron chi connectivity index (χ0n) is 15.3. The zero-order chi connectivity index (χ0) is 19.1. The van der Waals surface area contributed by atoms with Gasteiger partial charge in [0.05, 0.1) is 13.1 Å². The molecule has 142 valence electrons. The molecule has 1 aliphatic rings. The molecule has 0 unspecified atom stereocenters. The smallest absolute Gasteiger partial charge is 0.250 e. The molecule has 3 rings (SSSR count). The van der Waals surface area contributed by atoms with Crippen molar-refractivity contribution in [3.05, 3.63) is 70.1 Å². The lowest BCUT2D eigenvalue weighted by atomic mass is 10.1. The van der Waals surface area contributed by atoms with E-state index >= 15 is 0 Å². The number of benzene rings is 1. The van der Waals surface area contributed by atoms with Crippen LogP contribution in [-0.4, -0.2) is 22.9 Å². The first-order chi connectivity index (χ1) is 13.1. The highest BCUT2D eigenvalue weighted by atomic mass is 16.2. The van der Waals surface area contributed by atoms with Gasteiger partial charge in [-0.3, -0.25) is 14.4 Å². The fourth-order valence-corrected chi connectivity index (χ4v) is 3.31. The Morgan fingerprint density at radius 2 is 1.67 bits per heavy atom. The van der Waals surface area contributed by atoms with Crippen LogP contribution in [0.3, 0.4) is 0 Å². The van der Waals surface area contributed by atoms with Crippen LogP contribution in [0.5, 0.6) is 0 Å². The number of rotatable bonds is 7. The molecule has 2 aromatic rings. The highest BCUT2D eigenvalue weighted by Crippen LogP contribution is 2.24. The first-order valence-corrected chi connectivity index (χ1v) is 9.39. The molecule has 2 amide bonds. The first kappa shape index (κ1) is 18.9. The molecule has 1 saturated carbocycles. The Kier molecular flexibility index (Phi) is 6.41. The molecule has 0 atom stereocenters. The van der Waals surface area contributed by atoms with Crippen molar-refractivity contribution in [3.63, 3.8) is 0 Å². The fraction of sp³-hybridized carbons (Fsp3) is 0.381. The monoisotopic (exact) mass is 367 g/mol. The summed E-state index contributed by atoms with van der Waals surface area (Å²) in [5.74, 6) is -0.133. The maximum absolute atomic E-state index is 11.9. The normalized spacial score (nSPS) is 14.1. The number of nitrogens with zero attached hydrogens (tertiary/aromatic N) is 1. The number of pyridine rings is 1. The molecular weight excluding hydrogens is 342 g/mol. The van der Waals surface area contributed by atoms with Gasteiger partial charge in [0.2, 0.25) is 11.8 Å². The largest absolute Gasteiger partial charge is 0.350 e. The quantitative estimate of drug-likeness (QED) is 0.783. The highest BCUT2D eigenvalue weighted by Gasteiger charge is 2.22. The van der Waals surface area contributed by atoms with Gasteiger partial charge in [0, 0.05) is 24.7 Å². The Labute approximate surface area is 158 Å². The molecular formula is C21H25N3O3. The average molecular weight is 367 g/mol. The Hall–Kier alpha value is -2.89. The van der Waals surface area contributed by atoms with Gasteiger partial charge in [-0.25, -0.2) is 0 Å². The van der Waals surface area contributed by atoms with Gasteiger partial charge in [-0.15, -0.1) is 0 Å². The number of hydrogen-bond donors (Lipinski definition) is 2. The zero-order valence-corrected chi connectivity index (χ0v) is 15.3. The van der Waals surface area contributed by atoms with E-state index in [1.807, 2.05) is 30.3 Å². The summed E-state index contributed by atoms with van der Waals surface area (Å²) in [6.45, 7) is 0.938. The van der Waals surface area contributed by atoms with Crippen molar-refractivity contribution in [2.75, 3.05) is 6.54 Å². The van der Waals surface area contributed by atoms with Crippen LogP contribution >= 0.6 is 0 Å². The van der Waals surface area contributed by atoms with E-state index in [1.54, 1.807) is 16.8 Å². The van der Waals surface area contributed by atoms with E-state index in [1.165, 1.54) is 6.07 Å². The fourth-order valence-electron chi connectivity index (χ4n) is 3.31. The lowest BCUT2D eigenvalue weighted by Gasteiger charge is -2.11. The summed E-state index contributed by atoms with van der Waals surface area (Å²) in [7, 11) is 0. The van der Waals surface area contributed by atoms with Crippen molar-refractivity contribution >= 4 is 11.8 Å². The second-order valence-electron chi connectivity index (χ2n) is 6.96. The van der Waals surface area contributed by atoms with Crippen LogP contribution in [0.1, 0.15) is 36.8 Å². The van der Waals surface area contributed by atoms with E-state index in [0.717, 1.165) is 36.8 Å². The molecule has 1 heterocycles. The molecule has 1 aromatic carbocycles. The standard InChI is InChI=1S/C21H25N3O3/c25-19(14-23-21(27)18-5-1-2-6-18)22-13-16-8-10-17(11-9-16)15-24-12-4-3-7-20(24)26/h3-4,7-12,18H,1-2,5-6,13-15H2,(H,22,25)(H,23,27). The third kappa shape index (κ3) is 5.54. The second-order valence-corrected chi connectivity index (χ2v) is 6.96. The number of hydrogen-bond acceptors (Lipinski definition) is 3. The number of carbonyl (C=O) groups is 2. The minimum Gasteiger partial charge on any atom is -0.350 e. The van der Waals surface area contributed by atoms with Gasteiger partial charge >= 0.3 is 0 Å². The van der Waals surface area contributed by atoms with Crippen molar-refractivity contribution in [2.24, 2.45) is 5.92 Å². The van der Waals surface area contributed by atoms with E-state index in [0.29, 0.717) is 13.1 Å². The average Bonchev–Trinajstić information content (AvgIpc) is 3.22. The molecule has 1 aromatic heterocycles.